The van der Waals surface area contributed by atoms with Crippen LogP contribution in [0, 0.1) is 11.8 Å². The second kappa shape index (κ2) is 4.66. The summed E-state index contributed by atoms with van der Waals surface area (Å²) in [6.07, 6.45) is 1.67. The Balaban J connectivity index is 2.20. The number of hydrogen-bond acceptors (Lipinski definition) is 3. The fraction of sp³-hybridized carbons (Fsp3) is 0.267. The lowest BCUT2D eigenvalue weighted by Gasteiger charge is -2.16. The highest BCUT2D eigenvalue weighted by molar-refractivity contribution is 9.10. The summed E-state index contributed by atoms with van der Waals surface area (Å²) in [4.78, 5) is 30.2. The zero-order chi connectivity index (χ0) is 14.4. The molecular formula is C15H13BrN2O2. The van der Waals surface area contributed by atoms with Crippen LogP contribution in [0.25, 0.3) is 10.9 Å². The molecule has 1 aromatic carbocycles. The Labute approximate surface area is 124 Å². The topological polar surface area (TPSA) is 50.3 Å². The Morgan fingerprint density at radius 2 is 1.80 bits per heavy atom. The van der Waals surface area contributed by atoms with Crippen LogP contribution in [0.2, 0.25) is 0 Å². The van der Waals surface area contributed by atoms with Crippen molar-refractivity contribution in [1.29, 1.82) is 0 Å². The standard InChI is InChI=1S/C15H13BrN2O2/c1-8-9(2)15(20)18(14(8)19)12-5-3-4-10-6-11(16)7-17-13(10)12/h3-9H,1-2H3. The van der Waals surface area contributed by atoms with E-state index in [1.165, 1.54) is 4.90 Å². The molecule has 0 N–H and O–H groups in total. The molecule has 0 saturated carbocycles. The lowest BCUT2D eigenvalue weighted by molar-refractivity contribution is -0.122. The summed E-state index contributed by atoms with van der Waals surface area (Å²) < 4.78 is 0.864. The maximum absolute atomic E-state index is 12.3. The monoisotopic (exact) mass is 332 g/mol. The molecule has 1 aromatic heterocycles. The summed E-state index contributed by atoms with van der Waals surface area (Å²) in [5.41, 5.74) is 1.24. The summed E-state index contributed by atoms with van der Waals surface area (Å²) in [7, 11) is 0. The van der Waals surface area contributed by atoms with E-state index in [-0.39, 0.29) is 23.7 Å². The Kier molecular flexibility index (Phi) is 3.09. The highest BCUT2D eigenvalue weighted by atomic mass is 79.9. The summed E-state index contributed by atoms with van der Waals surface area (Å²) in [5, 5.41) is 0.893. The van der Waals surface area contributed by atoms with Gasteiger partial charge in [0.2, 0.25) is 11.8 Å². The van der Waals surface area contributed by atoms with Crippen LogP contribution in [0.15, 0.2) is 34.9 Å². The third-order valence-corrected chi connectivity index (χ3v) is 4.30. The maximum atomic E-state index is 12.3. The van der Waals surface area contributed by atoms with Gasteiger partial charge >= 0.3 is 0 Å². The molecule has 5 heteroatoms. The van der Waals surface area contributed by atoms with Crippen molar-refractivity contribution in [3.63, 3.8) is 0 Å². The highest BCUT2D eigenvalue weighted by Gasteiger charge is 2.43. The van der Waals surface area contributed by atoms with Gasteiger partial charge in [0.15, 0.2) is 0 Å². The van der Waals surface area contributed by atoms with Gasteiger partial charge in [0.25, 0.3) is 0 Å². The molecule has 0 aliphatic carbocycles. The van der Waals surface area contributed by atoms with Gasteiger partial charge in [-0.05, 0) is 28.1 Å². The number of benzene rings is 1. The summed E-state index contributed by atoms with van der Waals surface area (Å²) in [5.74, 6) is -0.874. The summed E-state index contributed by atoms with van der Waals surface area (Å²) >= 11 is 3.37. The number of rotatable bonds is 1. The molecule has 0 radical (unpaired) electrons. The number of carbonyl (C=O) groups excluding carboxylic acids is 2. The molecule has 2 unspecified atom stereocenters. The molecule has 1 saturated heterocycles. The predicted molar refractivity (Wildman–Crippen MR) is 80.3 cm³/mol. The Morgan fingerprint density at radius 1 is 1.15 bits per heavy atom. The Morgan fingerprint density at radius 3 is 2.45 bits per heavy atom. The van der Waals surface area contributed by atoms with Gasteiger partial charge in [-0.25, -0.2) is 4.90 Å². The smallest absolute Gasteiger partial charge is 0.237 e. The van der Waals surface area contributed by atoms with Gasteiger partial charge in [-0.3, -0.25) is 14.6 Å². The minimum Gasteiger partial charge on any atom is -0.274 e. The number of aromatic nitrogens is 1. The molecule has 1 aliphatic rings. The van der Waals surface area contributed by atoms with Gasteiger partial charge < -0.3 is 0 Å². The quantitative estimate of drug-likeness (QED) is 0.754. The number of fused-ring (bicyclic) bond motifs is 1. The molecule has 3 rings (SSSR count). The number of carbonyl (C=O) groups is 2. The maximum Gasteiger partial charge on any atom is 0.237 e. The van der Waals surface area contributed by atoms with Crippen LogP contribution in [0.3, 0.4) is 0 Å². The third kappa shape index (κ3) is 1.85. The van der Waals surface area contributed by atoms with Crippen LogP contribution in [0.4, 0.5) is 5.69 Å². The van der Waals surface area contributed by atoms with Crippen molar-refractivity contribution in [3.05, 3.63) is 34.9 Å². The van der Waals surface area contributed by atoms with Crippen molar-refractivity contribution < 1.29 is 9.59 Å². The zero-order valence-electron chi connectivity index (χ0n) is 11.1. The minimum atomic E-state index is -0.284. The molecular weight excluding hydrogens is 320 g/mol. The molecule has 4 nitrogen and oxygen atoms in total. The van der Waals surface area contributed by atoms with Crippen LogP contribution in [-0.2, 0) is 9.59 Å². The fourth-order valence-corrected chi connectivity index (χ4v) is 2.83. The van der Waals surface area contributed by atoms with Crippen molar-refractivity contribution in [2.24, 2.45) is 11.8 Å². The van der Waals surface area contributed by atoms with Crippen molar-refractivity contribution >= 4 is 44.3 Å². The molecule has 2 heterocycles. The van der Waals surface area contributed by atoms with E-state index < -0.39 is 0 Å². The molecule has 2 atom stereocenters. The average Bonchev–Trinajstić information content (AvgIpc) is 2.62. The van der Waals surface area contributed by atoms with Crippen LogP contribution in [-0.4, -0.2) is 16.8 Å². The molecule has 0 spiro atoms. The molecule has 1 fully saturated rings. The van der Waals surface area contributed by atoms with E-state index in [0.717, 1.165) is 9.86 Å². The van der Waals surface area contributed by atoms with Gasteiger partial charge in [0.05, 0.1) is 11.2 Å². The largest absolute Gasteiger partial charge is 0.274 e. The lowest BCUT2D eigenvalue weighted by atomic mass is 10.00. The second-order valence-electron chi connectivity index (χ2n) is 5.09. The number of hydrogen-bond donors (Lipinski definition) is 0. The average molecular weight is 333 g/mol. The van der Waals surface area contributed by atoms with Crippen LogP contribution < -0.4 is 4.90 Å². The number of anilines is 1. The number of pyridine rings is 1. The van der Waals surface area contributed by atoms with E-state index >= 15 is 0 Å². The van der Waals surface area contributed by atoms with Gasteiger partial charge in [-0.15, -0.1) is 0 Å². The van der Waals surface area contributed by atoms with Crippen molar-refractivity contribution in [3.8, 4) is 0 Å². The van der Waals surface area contributed by atoms with Crippen LogP contribution in [0.1, 0.15) is 13.8 Å². The number of imide groups is 1. The molecule has 2 aromatic rings. The first kappa shape index (κ1) is 13.2. The van der Waals surface area contributed by atoms with E-state index in [2.05, 4.69) is 20.9 Å². The molecule has 102 valence electrons. The number of halogens is 1. The van der Waals surface area contributed by atoms with Crippen LogP contribution >= 0.6 is 15.9 Å². The summed E-state index contributed by atoms with van der Waals surface area (Å²) in [6, 6.07) is 7.43. The number of para-hydroxylation sites is 1. The molecule has 1 aliphatic heterocycles. The summed E-state index contributed by atoms with van der Waals surface area (Å²) in [6.45, 7) is 3.58. The SMILES string of the molecule is CC1C(=O)N(c2cccc3cc(Br)cnc23)C(=O)C1C. The van der Waals surface area contributed by atoms with Crippen molar-refractivity contribution in [2.75, 3.05) is 4.90 Å². The Hall–Kier alpha value is -1.75. The predicted octanol–water partition coefficient (Wildman–Crippen LogP) is 3.14. The minimum absolute atomic E-state index is 0.153. The van der Waals surface area contributed by atoms with Crippen LogP contribution in [0.5, 0.6) is 0 Å². The van der Waals surface area contributed by atoms with E-state index in [1.807, 2.05) is 18.2 Å². The van der Waals surface area contributed by atoms with E-state index in [1.54, 1.807) is 26.1 Å². The first-order valence-corrected chi connectivity index (χ1v) is 7.22. The Bertz CT molecular complexity index is 709. The van der Waals surface area contributed by atoms with Gasteiger partial charge in [0, 0.05) is 27.9 Å². The van der Waals surface area contributed by atoms with Gasteiger partial charge in [-0.2, -0.15) is 0 Å². The highest BCUT2D eigenvalue weighted by Crippen LogP contribution is 2.34. The van der Waals surface area contributed by atoms with Crippen molar-refractivity contribution in [2.45, 2.75) is 13.8 Å². The van der Waals surface area contributed by atoms with E-state index in [4.69, 9.17) is 0 Å². The first-order chi connectivity index (χ1) is 9.50. The van der Waals surface area contributed by atoms with Gasteiger partial charge in [0.1, 0.15) is 0 Å². The third-order valence-electron chi connectivity index (χ3n) is 3.87. The first-order valence-electron chi connectivity index (χ1n) is 6.43. The molecule has 0 bridgehead atoms. The molecule has 20 heavy (non-hydrogen) atoms. The number of nitrogens with zero attached hydrogens (tertiary/aromatic N) is 2. The van der Waals surface area contributed by atoms with Crippen molar-refractivity contribution in [1.82, 2.24) is 4.98 Å². The van der Waals surface area contributed by atoms with E-state index in [9.17, 15) is 9.59 Å². The van der Waals surface area contributed by atoms with E-state index in [0.29, 0.717) is 11.2 Å². The lowest BCUT2D eigenvalue weighted by Crippen LogP contribution is -2.30. The number of amides is 2. The fourth-order valence-electron chi connectivity index (χ4n) is 2.48. The normalized spacial score (nSPS) is 22.9. The van der Waals surface area contributed by atoms with Gasteiger partial charge in [-0.1, -0.05) is 26.0 Å². The molecule has 2 amide bonds. The second-order valence-corrected chi connectivity index (χ2v) is 6.01. The zero-order valence-corrected chi connectivity index (χ0v) is 12.7.